The molecule has 4 rings (SSSR count). The summed E-state index contributed by atoms with van der Waals surface area (Å²) in [5.74, 6) is 6.34. The molecule has 8 atom stereocenters. The van der Waals surface area contributed by atoms with Crippen LogP contribution in [0.15, 0.2) is 23.8 Å². The van der Waals surface area contributed by atoms with Crippen molar-refractivity contribution in [2.75, 3.05) is 0 Å². The first kappa shape index (κ1) is 28.7. The number of allylic oxidation sites excluding steroid dienone is 4. The number of hydrogen-bond donors (Lipinski definition) is 0. The van der Waals surface area contributed by atoms with Gasteiger partial charge in [-0.15, -0.1) is 0 Å². The summed E-state index contributed by atoms with van der Waals surface area (Å²) < 4.78 is 0. The van der Waals surface area contributed by atoms with Crippen LogP contribution >= 0.6 is 0 Å². The van der Waals surface area contributed by atoms with E-state index < -0.39 is 0 Å². The molecule has 0 aromatic carbocycles. The van der Waals surface area contributed by atoms with Crippen molar-refractivity contribution in [1.82, 2.24) is 0 Å². The molecule has 0 heterocycles. The fourth-order valence-electron chi connectivity index (χ4n) is 8.59. The highest BCUT2D eigenvalue weighted by Crippen LogP contribution is 2.66. The Morgan fingerprint density at radius 3 is 2.30 bits per heavy atom. The van der Waals surface area contributed by atoms with Crippen LogP contribution in [0.4, 0.5) is 0 Å². The molecule has 0 amide bonds. The number of fused-ring (bicyclic) bond motifs is 5. The molecule has 4 unspecified atom stereocenters. The molecule has 0 spiro atoms. The minimum absolute atomic E-state index is 0.542. The zero-order valence-electron chi connectivity index (χ0n) is 24.3. The van der Waals surface area contributed by atoms with Gasteiger partial charge in [-0.2, -0.15) is 0 Å². The molecule has 192 valence electrons. The van der Waals surface area contributed by atoms with E-state index in [2.05, 4.69) is 59.8 Å². The van der Waals surface area contributed by atoms with Crippen LogP contribution < -0.4 is 0 Å². The zero-order chi connectivity index (χ0) is 24.8. The Kier molecular flexibility index (Phi) is 10.8. The van der Waals surface area contributed by atoms with E-state index in [1.807, 2.05) is 33.3 Å². The summed E-state index contributed by atoms with van der Waals surface area (Å²) in [4.78, 5) is 0. The molecule has 0 nitrogen and oxygen atoms in total. The third kappa shape index (κ3) is 5.67. The quantitative estimate of drug-likeness (QED) is 0.361. The maximum absolute atomic E-state index is 2.74. The fourth-order valence-corrected chi connectivity index (χ4v) is 8.59. The Morgan fingerprint density at radius 1 is 0.970 bits per heavy atom. The predicted molar refractivity (Wildman–Crippen MR) is 149 cm³/mol. The molecule has 0 aromatic heterocycles. The van der Waals surface area contributed by atoms with Crippen molar-refractivity contribution in [3.05, 3.63) is 23.8 Å². The van der Waals surface area contributed by atoms with Crippen molar-refractivity contribution in [3.63, 3.8) is 0 Å². The maximum atomic E-state index is 2.74. The van der Waals surface area contributed by atoms with E-state index >= 15 is 0 Å². The summed E-state index contributed by atoms with van der Waals surface area (Å²) in [6.45, 7) is 22.9. The van der Waals surface area contributed by atoms with Gasteiger partial charge in [0.25, 0.3) is 0 Å². The standard InChI is InChI=1S/C29H48.2C2H6/c1-7-22(20(2)3)9-8-10-23-12-14-26-25-13-11-24-19-21(4)15-17-29(24,6)27(25)16-18-28(23,26)5;2*1-2/h8-9,11,20-23,25-27H,7,10,12-19H2,1-6H3;2*1-2H3/b9-8+;;/t21-,22+,23?,25?,26?,27?,28+,29-;;/m0../s1. The lowest BCUT2D eigenvalue weighted by Crippen LogP contribution is -2.49. The Balaban J connectivity index is 0.000000914. The van der Waals surface area contributed by atoms with E-state index in [1.165, 1.54) is 64.2 Å². The average Bonchev–Trinajstić information content (AvgIpc) is 3.16. The molecule has 0 heteroatoms. The molecule has 4 aliphatic carbocycles. The van der Waals surface area contributed by atoms with Gasteiger partial charge in [-0.05, 0) is 116 Å². The molecule has 3 saturated carbocycles. The van der Waals surface area contributed by atoms with Crippen LogP contribution in [0.25, 0.3) is 0 Å². The van der Waals surface area contributed by atoms with E-state index in [0.29, 0.717) is 10.8 Å². The summed E-state index contributed by atoms with van der Waals surface area (Å²) >= 11 is 0. The van der Waals surface area contributed by atoms with Crippen LogP contribution in [0.3, 0.4) is 0 Å². The number of hydrogen-bond acceptors (Lipinski definition) is 0. The minimum atomic E-state index is 0.542. The lowest BCUT2D eigenvalue weighted by molar-refractivity contribution is -0.0432. The Bertz CT molecular complexity index is 638. The summed E-state index contributed by atoms with van der Waals surface area (Å²) in [6, 6.07) is 0. The highest BCUT2D eigenvalue weighted by Gasteiger charge is 2.58. The van der Waals surface area contributed by atoms with Crippen molar-refractivity contribution >= 4 is 0 Å². The van der Waals surface area contributed by atoms with E-state index in [-0.39, 0.29) is 0 Å². The van der Waals surface area contributed by atoms with Crippen molar-refractivity contribution in [1.29, 1.82) is 0 Å². The molecule has 0 aromatic rings. The number of rotatable bonds is 5. The molecule has 0 saturated heterocycles. The summed E-state index contributed by atoms with van der Waals surface area (Å²) in [6.07, 6.45) is 22.2. The van der Waals surface area contributed by atoms with Crippen molar-refractivity contribution in [3.8, 4) is 0 Å². The van der Waals surface area contributed by atoms with E-state index in [0.717, 1.165) is 41.4 Å². The Labute approximate surface area is 209 Å². The predicted octanol–water partition coefficient (Wildman–Crippen LogP) is 10.9. The van der Waals surface area contributed by atoms with Gasteiger partial charge in [0.2, 0.25) is 0 Å². The topological polar surface area (TPSA) is 0 Å². The normalized spacial score (nSPS) is 40.5. The summed E-state index contributed by atoms with van der Waals surface area (Å²) in [7, 11) is 0. The van der Waals surface area contributed by atoms with E-state index in [1.54, 1.807) is 0 Å². The Morgan fingerprint density at radius 2 is 1.67 bits per heavy atom. The van der Waals surface area contributed by atoms with Gasteiger partial charge in [0.1, 0.15) is 0 Å². The van der Waals surface area contributed by atoms with Crippen molar-refractivity contribution in [2.45, 2.75) is 133 Å². The second kappa shape index (κ2) is 12.4. The average molecular weight is 457 g/mol. The van der Waals surface area contributed by atoms with Gasteiger partial charge in [0.05, 0.1) is 0 Å². The van der Waals surface area contributed by atoms with Crippen molar-refractivity contribution in [2.24, 2.45) is 52.3 Å². The van der Waals surface area contributed by atoms with Crippen LogP contribution in [0, 0.1) is 52.3 Å². The van der Waals surface area contributed by atoms with Gasteiger partial charge >= 0.3 is 0 Å². The second-order valence-corrected chi connectivity index (χ2v) is 12.4. The smallest absolute Gasteiger partial charge is 0.00851 e. The Hall–Kier alpha value is -0.520. The first-order chi connectivity index (χ1) is 15.8. The zero-order valence-corrected chi connectivity index (χ0v) is 24.3. The van der Waals surface area contributed by atoms with Gasteiger partial charge in [0.15, 0.2) is 0 Å². The van der Waals surface area contributed by atoms with E-state index in [4.69, 9.17) is 0 Å². The lowest BCUT2D eigenvalue weighted by atomic mass is 9.47. The molecular formula is C33H60. The van der Waals surface area contributed by atoms with Crippen LogP contribution in [0.2, 0.25) is 0 Å². The van der Waals surface area contributed by atoms with Crippen LogP contribution in [-0.4, -0.2) is 0 Å². The van der Waals surface area contributed by atoms with Gasteiger partial charge in [-0.25, -0.2) is 0 Å². The van der Waals surface area contributed by atoms with Crippen LogP contribution in [-0.2, 0) is 0 Å². The maximum Gasteiger partial charge on any atom is -0.00851 e. The van der Waals surface area contributed by atoms with Gasteiger partial charge in [-0.1, -0.05) is 93.0 Å². The summed E-state index contributed by atoms with van der Waals surface area (Å²) in [5.41, 5.74) is 3.01. The third-order valence-electron chi connectivity index (χ3n) is 10.7. The molecule has 0 bridgehead atoms. The molecule has 3 fully saturated rings. The minimum Gasteiger partial charge on any atom is -0.0880 e. The van der Waals surface area contributed by atoms with Crippen LogP contribution in [0.5, 0.6) is 0 Å². The first-order valence-corrected chi connectivity index (χ1v) is 15.2. The highest BCUT2D eigenvalue weighted by molar-refractivity contribution is 5.25. The molecule has 0 aliphatic heterocycles. The molecule has 33 heavy (non-hydrogen) atoms. The molecule has 4 aliphatic rings. The SMILES string of the molecule is CC.CC.CC[C@H](/C=C/CC1CCC2C3CC=C4C[C@@H](C)CC[C@]4(C)C3CC[C@]12C)C(C)C. The van der Waals surface area contributed by atoms with Crippen molar-refractivity contribution < 1.29 is 0 Å². The van der Waals surface area contributed by atoms with Gasteiger partial charge in [-0.3, -0.25) is 0 Å². The molecule has 0 N–H and O–H groups in total. The second-order valence-electron chi connectivity index (χ2n) is 12.4. The monoisotopic (exact) mass is 456 g/mol. The third-order valence-corrected chi connectivity index (χ3v) is 10.7. The van der Waals surface area contributed by atoms with Crippen LogP contribution in [0.1, 0.15) is 133 Å². The van der Waals surface area contributed by atoms with Gasteiger partial charge in [0, 0.05) is 0 Å². The fraction of sp³-hybridized carbons (Fsp3) is 0.879. The summed E-state index contributed by atoms with van der Waals surface area (Å²) in [5, 5.41) is 0. The van der Waals surface area contributed by atoms with Gasteiger partial charge < -0.3 is 0 Å². The first-order valence-electron chi connectivity index (χ1n) is 15.2. The highest BCUT2D eigenvalue weighted by atomic mass is 14.6. The lowest BCUT2D eigenvalue weighted by Gasteiger charge is -2.58. The van der Waals surface area contributed by atoms with E-state index in [9.17, 15) is 0 Å². The largest absolute Gasteiger partial charge is 0.0880 e. The molecular weight excluding hydrogens is 396 g/mol. The molecule has 0 radical (unpaired) electrons.